The summed E-state index contributed by atoms with van der Waals surface area (Å²) in [5, 5.41) is 6.54. The Bertz CT molecular complexity index is 460. The number of nitrogens with zero attached hydrogens (tertiary/aromatic N) is 1. The minimum absolute atomic E-state index is 0.571. The van der Waals surface area contributed by atoms with E-state index in [1.165, 1.54) is 54.3 Å². The van der Waals surface area contributed by atoms with Crippen molar-refractivity contribution in [3.05, 3.63) is 15.6 Å². The second kappa shape index (κ2) is 7.71. The molecule has 3 unspecified atom stereocenters. The maximum atomic E-state index is 5.08. The number of thioether (sulfide) groups is 2. The van der Waals surface area contributed by atoms with Crippen molar-refractivity contribution in [3.63, 3.8) is 0 Å². The van der Waals surface area contributed by atoms with Crippen molar-refractivity contribution in [1.29, 1.82) is 0 Å². The van der Waals surface area contributed by atoms with Crippen LogP contribution in [0.4, 0.5) is 0 Å². The maximum absolute atomic E-state index is 5.08. The number of nitrogens with one attached hydrogen (secondary N) is 1. The highest BCUT2D eigenvalue weighted by Crippen LogP contribution is 2.47. The minimum Gasteiger partial charge on any atom is -0.309 e. The predicted molar refractivity (Wildman–Crippen MR) is 97.8 cm³/mol. The molecule has 3 atom stereocenters. The Morgan fingerprint density at radius 1 is 1.24 bits per heavy atom. The van der Waals surface area contributed by atoms with Gasteiger partial charge in [0.15, 0.2) is 0 Å². The Morgan fingerprint density at radius 2 is 2.10 bits per heavy atom. The van der Waals surface area contributed by atoms with Crippen molar-refractivity contribution in [1.82, 2.24) is 10.3 Å². The van der Waals surface area contributed by atoms with Gasteiger partial charge in [0.1, 0.15) is 5.01 Å². The highest BCUT2D eigenvalue weighted by Gasteiger charge is 2.32. The first-order chi connectivity index (χ1) is 10.3. The van der Waals surface area contributed by atoms with Gasteiger partial charge in [-0.2, -0.15) is 11.8 Å². The Balaban J connectivity index is 1.80. The van der Waals surface area contributed by atoms with E-state index >= 15 is 0 Å². The van der Waals surface area contributed by atoms with Crippen LogP contribution in [0.15, 0.2) is 0 Å². The van der Waals surface area contributed by atoms with Crippen molar-refractivity contribution in [2.24, 2.45) is 0 Å². The van der Waals surface area contributed by atoms with Crippen molar-refractivity contribution in [2.45, 2.75) is 62.5 Å². The van der Waals surface area contributed by atoms with Crippen molar-refractivity contribution < 1.29 is 0 Å². The van der Waals surface area contributed by atoms with Gasteiger partial charge in [0.2, 0.25) is 0 Å². The summed E-state index contributed by atoms with van der Waals surface area (Å²) < 4.78 is 0. The molecule has 1 aliphatic heterocycles. The summed E-state index contributed by atoms with van der Waals surface area (Å²) in [6.45, 7) is 5.70. The minimum atomic E-state index is 0.571. The number of aryl methyl sites for hydroxylation is 1. The van der Waals surface area contributed by atoms with Crippen LogP contribution in [-0.2, 0) is 6.42 Å². The summed E-state index contributed by atoms with van der Waals surface area (Å²) in [5.74, 6) is 2.60. The molecule has 0 spiro atoms. The number of fused-ring (bicyclic) bond motifs is 1. The van der Waals surface area contributed by atoms with Crippen molar-refractivity contribution in [2.75, 3.05) is 18.1 Å². The van der Waals surface area contributed by atoms with E-state index in [9.17, 15) is 0 Å². The normalized spacial score (nSPS) is 29.3. The molecule has 1 N–H and O–H groups in total. The number of hydrogen-bond acceptors (Lipinski definition) is 5. The Hall–Kier alpha value is 0.290. The molecule has 118 valence electrons. The lowest BCUT2D eigenvalue weighted by molar-refractivity contribution is 0.464. The van der Waals surface area contributed by atoms with E-state index in [1.807, 2.05) is 11.3 Å². The Labute approximate surface area is 141 Å². The standard InChI is InChI=1S/C16H26N2S3/c1-3-8-17-11-6-5-7-12-14(11)21-16(18-12)15-13(4-2)19-9-10-20-15/h11,13,15,17H,3-10H2,1-2H3. The molecule has 3 rings (SSSR count). The first kappa shape index (κ1) is 16.2. The first-order valence-corrected chi connectivity index (χ1v) is 11.2. The van der Waals surface area contributed by atoms with E-state index in [-0.39, 0.29) is 0 Å². The largest absolute Gasteiger partial charge is 0.309 e. The summed E-state index contributed by atoms with van der Waals surface area (Å²) in [5.41, 5.74) is 1.40. The van der Waals surface area contributed by atoms with Gasteiger partial charge in [-0.05, 0) is 38.6 Å². The van der Waals surface area contributed by atoms with Crippen LogP contribution < -0.4 is 5.32 Å². The molecule has 2 heterocycles. The van der Waals surface area contributed by atoms with Gasteiger partial charge in [-0.3, -0.25) is 0 Å². The van der Waals surface area contributed by atoms with Crippen molar-refractivity contribution >= 4 is 34.9 Å². The van der Waals surface area contributed by atoms with E-state index < -0.39 is 0 Å². The van der Waals surface area contributed by atoms with Crippen LogP contribution in [0, 0.1) is 0 Å². The van der Waals surface area contributed by atoms with Gasteiger partial charge in [0.05, 0.1) is 10.9 Å². The average Bonchev–Trinajstić information content (AvgIpc) is 2.97. The number of thiazole rings is 1. The van der Waals surface area contributed by atoms with Gasteiger partial charge in [0, 0.05) is 27.7 Å². The van der Waals surface area contributed by atoms with Gasteiger partial charge in [-0.15, -0.1) is 23.1 Å². The zero-order chi connectivity index (χ0) is 14.7. The van der Waals surface area contributed by atoms with Gasteiger partial charge in [0.25, 0.3) is 0 Å². The van der Waals surface area contributed by atoms with E-state index in [2.05, 4.69) is 42.7 Å². The molecule has 1 aromatic heterocycles. The zero-order valence-corrected chi connectivity index (χ0v) is 15.5. The fourth-order valence-corrected chi connectivity index (χ4v) is 7.85. The molecule has 21 heavy (non-hydrogen) atoms. The van der Waals surface area contributed by atoms with Crippen LogP contribution in [0.3, 0.4) is 0 Å². The SMILES string of the molecule is CCCNC1CCCc2nc(C3SCCSC3CC)sc21. The smallest absolute Gasteiger partial charge is 0.107 e. The molecule has 5 heteroatoms. The monoisotopic (exact) mass is 342 g/mol. The number of aromatic nitrogens is 1. The van der Waals surface area contributed by atoms with Gasteiger partial charge in [-0.25, -0.2) is 4.98 Å². The topological polar surface area (TPSA) is 24.9 Å². The molecule has 0 amide bonds. The Morgan fingerprint density at radius 3 is 2.90 bits per heavy atom. The summed E-state index contributed by atoms with van der Waals surface area (Å²) in [6, 6.07) is 0.571. The van der Waals surface area contributed by atoms with Crippen LogP contribution in [0.25, 0.3) is 0 Å². The second-order valence-electron chi connectivity index (χ2n) is 5.87. The van der Waals surface area contributed by atoms with Crippen molar-refractivity contribution in [3.8, 4) is 0 Å². The highest BCUT2D eigenvalue weighted by molar-refractivity contribution is 8.06. The molecular formula is C16H26N2S3. The summed E-state index contributed by atoms with van der Waals surface area (Å²) >= 11 is 6.31. The first-order valence-electron chi connectivity index (χ1n) is 8.29. The zero-order valence-electron chi connectivity index (χ0n) is 13.1. The van der Waals surface area contributed by atoms with E-state index in [1.54, 1.807) is 4.88 Å². The third-order valence-corrected chi connectivity index (χ3v) is 9.00. The van der Waals surface area contributed by atoms with Crippen LogP contribution in [0.5, 0.6) is 0 Å². The summed E-state index contributed by atoms with van der Waals surface area (Å²) in [4.78, 5) is 6.63. The third-order valence-electron chi connectivity index (χ3n) is 4.30. The number of rotatable bonds is 5. The quantitative estimate of drug-likeness (QED) is 0.829. The van der Waals surface area contributed by atoms with Gasteiger partial charge >= 0.3 is 0 Å². The van der Waals surface area contributed by atoms with Gasteiger partial charge < -0.3 is 5.32 Å². The molecule has 2 aliphatic rings. The van der Waals surface area contributed by atoms with E-state index in [4.69, 9.17) is 4.98 Å². The van der Waals surface area contributed by atoms with Crippen LogP contribution in [0.2, 0.25) is 0 Å². The molecule has 1 saturated heterocycles. The van der Waals surface area contributed by atoms with Crippen LogP contribution >= 0.6 is 34.9 Å². The molecule has 1 aliphatic carbocycles. The molecule has 0 bridgehead atoms. The Kier molecular flexibility index (Phi) is 5.93. The molecule has 0 radical (unpaired) electrons. The fourth-order valence-electron chi connectivity index (χ4n) is 3.21. The van der Waals surface area contributed by atoms with E-state index in [0.717, 1.165) is 11.8 Å². The summed E-state index contributed by atoms with van der Waals surface area (Å²) in [7, 11) is 0. The molecule has 0 aromatic carbocycles. The molecule has 2 nitrogen and oxygen atoms in total. The predicted octanol–water partition coefficient (Wildman–Crippen LogP) is 4.82. The lowest BCUT2D eigenvalue weighted by Gasteiger charge is -2.28. The molecule has 1 aromatic rings. The second-order valence-corrected chi connectivity index (χ2v) is 9.53. The molecule has 1 fully saturated rings. The molecular weight excluding hydrogens is 316 g/mol. The van der Waals surface area contributed by atoms with Crippen LogP contribution in [0.1, 0.15) is 66.4 Å². The lowest BCUT2D eigenvalue weighted by atomic mass is 9.98. The third kappa shape index (κ3) is 3.62. The average molecular weight is 343 g/mol. The van der Waals surface area contributed by atoms with E-state index in [0.29, 0.717) is 11.3 Å². The highest BCUT2D eigenvalue weighted by atomic mass is 32.2. The fraction of sp³-hybridized carbons (Fsp3) is 0.812. The number of hydrogen-bond donors (Lipinski definition) is 1. The van der Waals surface area contributed by atoms with Crippen LogP contribution in [-0.4, -0.2) is 28.3 Å². The van der Waals surface area contributed by atoms with Gasteiger partial charge in [-0.1, -0.05) is 13.8 Å². The maximum Gasteiger partial charge on any atom is 0.107 e. The summed E-state index contributed by atoms with van der Waals surface area (Å²) in [6.07, 6.45) is 6.26. The molecule has 0 saturated carbocycles. The lowest BCUT2D eigenvalue weighted by Crippen LogP contribution is -2.24.